The van der Waals surface area contributed by atoms with Crippen molar-refractivity contribution in [1.29, 1.82) is 0 Å². The molecule has 4 atom stereocenters. The van der Waals surface area contributed by atoms with Gasteiger partial charge in [0.1, 0.15) is 11.5 Å². The van der Waals surface area contributed by atoms with Crippen LogP contribution >= 0.6 is 0 Å². The van der Waals surface area contributed by atoms with Gasteiger partial charge in [-0.2, -0.15) is 0 Å². The van der Waals surface area contributed by atoms with Crippen molar-refractivity contribution in [3.63, 3.8) is 0 Å². The van der Waals surface area contributed by atoms with Crippen LogP contribution in [0.2, 0.25) is 0 Å². The number of guanidine groups is 1. The van der Waals surface area contributed by atoms with Crippen LogP contribution in [-0.2, 0) is 4.74 Å². The summed E-state index contributed by atoms with van der Waals surface area (Å²) in [5.74, 6) is 3.40. The number of ether oxygens (including phenoxy) is 1. The summed E-state index contributed by atoms with van der Waals surface area (Å²) in [5, 5.41) is 7.16. The molecule has 3 aliphatic rings. The van der Waals surface area contributed by atoms with E-state index in [2.05, 4.69) is 22.5 Å². The standard InChI is InChI=1S/C18H27N3O2/c1-11-5-6-14(23-11)12(2)20-17(19-3)21-15-13-7-10-22-16(13)18(15)8-4-9-18/h5-6,12-13,15-16H,4,7-10H2,1-3H3,(H2,19,20,21). The van der Waals surface area contributed by atoms with Gasteiger partial charge in [-0.15, -0.1) is 0 Å². The first-order valence-corrected chi connectivity index (χ1v) is 8.82. The molecule has 0 bridgehead atoms. The van der Waals surface area contributed by atoms with Crippen molar-refractivity contribution in [3.8, 4) is 0 Å². The first kappa shape index (κ1) is 15.1. The Bertz CT molecular complexity index is 605. The van der Waals surface area contributed by atoms with E-state index in [9.17, 15) is 0 Å². The van der Waals surface area contributed by atoms with Crippen LogP contribution in [0.15, 0.2) is 21.5 Å². The van der Waals surface area contributed by atoms with E-state index in [1.54, 1.807) is 0 Å². The lowest BCUT2D eigenvalue weighted by Crippen LogP contribution is -2.72. The maximum absolute atomic E-state index is 5.99. The molecule has 23 heavy (non-hydrogen) atoms. The Kier molecular flexibility index (Phi) is 3.63. The average molecular weight is 317 g/mol. The molecular weight excluding hydrogens is 290 g/mol. The Hall–Kier alpha value is -1.49. The molecule has 0 radical (unpaired) electrons. The molecule has 0 aromatic carbocycles. The number of nitrogens with one attached hydrogen (secondary N) is 2. The molecule has 1 spiro atoms. The third kappa shape index (κ3) is 2.28. The van der Waals surface area contributed by atoms with Gasteiger partial charge in [0.25, 0.3) is 0 Å². The van der Waals surface area contributed by atoms with Crippen LogP contribution in [0.4, 0.5) is 0 Å². The second-order valence-electron chi connectivity index (χ2n) is 7.34. The highest BCUT2D eigenvalue weighted by Gasteiger charge is 2.66. The summed E-state index contributed by atoms with van der Waals surface area (Å²) in [6.07, 6.45) is 5.57. The van der Waals surface area contributed by atoms with Gasteiger partial charge in [0, 0.05) is 31.0 Å². The highest BCUT2D eigenvalue weighted by molar-refractivity contribution is 5.80. The summed E-state index contributed by atoms with van der Waals surface area (Å²) in [5.41, 5.74) is 0.364. The summed E-state index contributed by atoms with van der Waals surface area (Å²) in [6.45, 7) is 4.99. The molecule has 4 rings (SSSR count). The fourth-order valence-corrected chi connectivity index (χ4v) is 4.74. The lowest BCUT2D eigenvalue weighted by molar-refractivity contribution is -0.171. The van der Waals surface area contributed by atoms with Crippen molar-refractivity contribution in [1.82, 2.24) is 10.6 Å². The van der Waals surface area contributed by atoms with Gasteiger partial charge >= 0.3 is 0 Å². The molecule has 1 aromatic heterocycles. The van der Waals surface area contributed by atoms with Crippen LogP contribution in [-0.4, -0.2) is 31.8 Å². The number of aliphatic imine (C=N–C) groups is 1. The smallest absolute Gasteiger partial charge is 0.191 e. The molecule has 3 fully saturated rings. The van der Waals surface area contributed by atoms with Gasteiger partial charge in [0.2, 0.25) is 0 Å². The molecule has 126 valence electrons. The second-order valence-corrected chi connectivity index (χ2v) is 7.34. The monoisotopic (exact) mass is 317 g/mol. The van der Waals surface area contributed by atoms with Gasteiger partial charge in [-0.05, 0) is 45.2 Å². The van der Waals surface area contributed by atoms with Crippen LogP contribution in [0.25, 0.3) is 0 Å². The molecule has 2 aliphatic carbocycles. The van der Waals surface area contributed by atoms with Gasteiger partial charge < -0.3 is 19.8 Å². The first-order chi connectivity index (χ1) is 11.1. The predicted octanol–water partition coefficient (Wildman–Crippen LogP) is 2.77. The molecule has 5 nitrogen and oxygen atoms in total. The number of rotatable bonds is 3. The van der Waals surface area contributed by atoms with Gasteiger partial charge in [-0.3, -0.25) is 4.99 Å². The molecule has 0 amide bonds. The van der Waals surface area contributed by atoms with Crippen molar-refractivity contribution < 1.29 is 9.15 Å². The molecule has 1 aromatic rings. The first-order valence-electron chi connectivity index (χ1n) is 8.82. The second kappa shape index (κ2) is 5.55. The summed E-state index contributed by atoms with van der Waals surface area (Å²) in [7, 11) is 1.84. The largest absolute Gasteiger partial charge is 0.464 e. The van der Waals surface area contributed by atoms with Crippen molar-refractivity contribution in [2.75, 3.05) is 13.7 Å². The minimum atomic E-state index is 0.0999. The summed E-state index contributed by atoms with van der Waals surface area (Å²) in [6, 6.07) is 4.63. The quantitative estimate of drug-likeness (QED) is 0.665. The Morgan fingerprint density at radius 3 is 2.83 bits per heavy atom. The van der Waals surface area contributed by atoms with E-state index in [0.717, 1.165) is 24.1 Å². The Morgan fingerprint density at radius 2 is 2.22 bits per heavy atom. The average Bonchev–Trinajstić information content (AvgIpc) is 3.09. The van der Waals surface area contributed by atoms with Crippen LogP contribution in [0, 0.1) is 18.3 Å². The Morgan fingerprint density at radius 1 is 1.39 bits per heavy atom. The summed E-state index contributed by atoms with van der Waals surface area (Å²) < 4.78 is 11.7. The highest BCUT2D eigenvalue weighted by Crippen LogP contribution is 2.62. The zero-order valence-electron chi connectivity index (χ0n) is 14.3. The van der Waals surface area contributed by atoms with Gasteiger partial charge in [-0.1, -0.05) is 6.42 Å². The van der Waals surface area contributed by atoms with Gasteiger partial charge in [-0.25, -0.2) is 0 Å². The number of furan rings is 1. The third-order valence-electron chi connectivity index (χ3n) is 6.09. The van der Waals surface area contributed by atoms with Crippen LogP contribution in [0.5, 0.6) is 0 Å². The molecule has 1 aliphatic heterocycles. The van der Waals surface area contributed by atoms with E-state index in [4.69, 9.17) is 9.15 Å². The third-order valence-corrected chi connectivity index (χ3v) is 6.09. The minimum absolute atomic E-state index is 0.0999. The van der Waals surface area contributed by atoms with Crippen molar-refractivity contribution in [3.05, 3.63) is 23.7 Å². The topological polar surface area (TPSA) is 58.8 Å². The molecule has 2 saturated carbocycles. The van der Waals surface area contributed by atoms with Gasteiger partial charge in [0.15, 0.2) is 5.96 Å². The lowest BCUT2D eigenvalue weighted by Gasteiger charge is -2.63. The normalized spacial score (nSPS) is 32.8. The van der Waals surface area contributed by atoms with Crippen LogP contribution < -0.4 is 10.6 Å². The number of hydrogen-bond donors (Lipinski definition) is 2. The Balaban J connectivity index is 1.42. The number of aryl methyl sites for hydroxylation is 1. The van der Waals surface area contributed by atoms with E-state index in [-0.39, 0.29) is 6.04 Å². The summed E-state index contributed by atoms with van der Waals surface area (Å²) in [4.78, 5) is 4.43. The van der Waals surface area contributed by atoms with E-state index in [1.807, 2.05) is 26.1 Å². The molecule has 2 heterocycles. The van der Waals surface area contributed by atoms with E-state index >= 15 is 0 Å². The molecule has 4 unspecified atom stereocenters. The zero-order chi connectivity index (χ0) is 16.0. The van der Waals surface area contributed by atoms with Crippen molar-refractivity contribution in [2.24, 2.45) is 16.3 Å². The summed E-state index contributed by atoms with van der Waals surface area (Å²) >= 11 is 0. The Labute approximate surface area is 137 Å². The van der Waals surface area contributed by atoms with E-state index in [1.165, 1.54) is 25.7 Å². The van der Waals surface area contributed by atoms with Crippen LogP contribution in [0.1, 0.15) is 50.2 Å². The van der Waals surface area contributed by atoms with Crippen molar-refractivity contribution in [2.45, 2.75) is 57.7 Å². The molecular formula is C18H27N3O2. The number of fused-ring (bicyclic) bond motifs is 2. The van der Waals surface area contributed by atoms with Crippen molar-refractivity contribution >= 4 is 5.96 Å². The fraction of sp³-hybridized carbons (Fsp3) is 0.722. The molecule has 2 N–H and O–H groups in total. The lowest BCUT2D eigenvalue weighted by atomic mass is 9.46. The van der Waals surface area contributed by atoms with E-state index < -0.39 is 0 Å². The number of hydrogen-bond acceptors (Lipinski definition) is 3. The predicted molar refractivity (Wildman–Crippen MR) is 89.4 cm³/mol. The van der Waals surface area contributed by atoms with E-state index in [0.29, 0.717) is 23.5 Å². The molecule has 5 heteroatoms. The highest BCUT2D eigenvalue weighted by atomic mass is 16.5. The SMILES string of the molecule is CN=C(NC(C)c1ccc(C)o1)NC1C2CCOC2C12CCC2. The number of nitrogens with zero attached hydrogens (tertiary/aromatic N) is 1. The maximum Gasteiger partial charge on any atom is 0.191 e. The zero-order valence-corrected chi connectivity index (χ0v) is 14.3. The van der Waals surface area contributed by atoms with Gasteiger partial charge in [0.05, 0.1) is 12.1 Å². The van der Waals surface area contributed by atoms with Crippen LogP contribution in [0.3, 0.4) is 0 Å². The fourth-order valence-electron chi connectivity index (χ4n) is 4.74. The maximum atomic E-state index is 5.99. The molecule has 1 saturated heterocycles. The minimum Gasteiger partial charge on any atom is -0.464 e.